The summed E-state index contributed by atoms with van der Waals surface area (Å²) < 4.78 is 1.97. The number of likely N-dealkylation sites (tertiary alicyclic amines) is 1. The first-order valence-corrected chi connectivity index (χ1v) is 9.46. The largest absolute Gasteiger partial charge is 0.355 e. The molecule has 1 atom stereocenters. The summed E-state index contributed by atoms with van der Waals surface area (Å²) in [5.74, 6) is 1.87. The van der Waals surface area contributed by atoms with Gasteiger partial charge in [-0.2, -0.15) is 16.4 Å². The molecule has 2 aromatic rings. The molecular formula is C17H25N5OS. The number of nitrogens with one attached hydrogen (secondary N) is 1. The third-order valence-corrected chi connectivity index (χ3v) is 5.24. The number of rotatable bonds is 7. The third kappa shape index (κ3) is 4.42. The molecule has 0 aromatic carbocycles. The van der Waals surface area contributed by atoms with Crippen LogP contribution in [0.2, 0.25) is 0 Å². The molecule has 0 radical (unpaired) electrons. The van der Waals surface area contributed by atoms with E-state index in [0.717, 1.165) is 44.0 Å². The van der Waals surface area contributed by atoms with E-state index in [9.17, 15) is 4.79 Å². The van der Waals surface area contributed by atoms with Gasteiger partial charge >= 0.3 is 0 Å². The molecule has 0 bridgehead atoms. The Morgan fingerprint density at radius 3 is 3.04 bits per heavy atom. The summed E-state index contributed by atoms with van der Waals surface area (Å²) in [6, 6.07) is 2.47. The lowest BCUT2D eigenvalue weighted by Crippen LogP contribution is -2.42. The van der Waals surface area contributed by atoms with E-state index in [-0.39, 0.29) is 5.91 Å². The molecule has 7 heteroatoms. The van der Waals surface area contributed by atoms with Gasteiger partial charge in [-0.25, -0.2) is 9.67 Å². The van der Waals surface area contributed by atoms with E-state index in [1.165, 1.54) is 5.56 Å². The SMILES string of the molecule is Cc1nc(C)n(C[C@H]2CCCN2CC(=O)NCCc2ccsc2)n1. The fourth-order valence-corrected chi connectivity index (χ4v) is 3.97. The quantitative estimate of drug-likeness (QED) is 0.829. The fourth-order valence-electron chi connectivity index (χ4n) is 3.27. The van der Waals surface area contributed by atoms with E-state index in [1.807, 2.05) is 18.5 Å². The van der Waals surface area contributed by atoms with Gasteiger partial charge in [0.15, 0.2) is 0 Å². The van der Waals surface area contributed by atoms with E-state index < -0.39 is 0 Å². The van der Waals surface area contributed by atoms with Crippen LogP contribution in [0.25, 0.3) is 0 Å². The van der Waals surface area contributed by atoms with Gasteiger partial charge in [0.25, 0.3) is 0 Å². The molecule has 0 aliphatic carbocycles. The molecule has 1 saturated heterocycles. The molecule has 1 N–H and O–H groups in total. The molecule has 24 heavy (non-hydrogen) atoms. The number of carbonyl (C=O) groups excluding carboxylic acids is 1. The maximum Gasteiger partial charge on any atom is 0.234 e. The van der Waals surface area contributed by atoms with Crippen molar-refractivity contribution < 1.29 is 4.79 Å². The van der Waals surface area contributed by atoms with Crippen LogP contribution >= 0.6 is 11.3 Å². The average Bonchev–Trinajstić information content (AvgIpc) is 3.24. The molecule has 0 spiro atoms. The second-order valence-electron chi connectivity index (χ2n) is 6.39. The number of amides is 1. The standard InChI is InChI=1S/C17H25N5OS/c1-13-19-14(2)22(20-13)10-16-4-3-8-21(16)11-17(23)18-7-5-15-6-9-24-12-15/h6,9,12,16H,3-5,7-8,10-11H2,1-2H3,(H,18,23)/t16-/m1/s1. The fraction of sp³-hybridized carbons (Fsp3) is 0.588. The van der Waals surface area contributed by atoms with Crippen molar-refractivity contribution in [2.75, 3.05) is 19.6 Å². The molecule has 3 heterocycles. The van der Waals surface area contributed by atoms with E-state index in [4.69, 9.17) is 0 Å². The van der Waals surface area contributed by atoms with Crippen molar-refractivity contribution in [3.63, 3.8) is 0 Å². The Morgan fingerprint density at radius 2 is 2.33 bits per heavy atom. The van der Waals surface area contributed by atoms with Crippen molar-refractivity contribution in [1.29, 1.82) is 0 Å². The molecule has 0 saturated carbocycles. The molecule has 1 fully saturated rings. The summed E-state index contributed by atoms with van der Waals surface area (Å²) in [4.78, 5) is 18.8. The van der Waals surface area contributed by atoms with Gasteiger partial charge in [0, 0.05) is 12.6 Å². The lowest BCUT2D eigenvalue weighted by Gasteiger charge is -2.24. The van der Waals surface area contributed by atoms with Crippen LogP contribution in [-0.2, 0) is 17.8 Å². The van der Waals surface area contributed by atoms with Crippen LogP contribution in [0.15, 0.2) is 16.8 Å². The van der Waals surface area contributed by atoms with E-state index >= 15 is 0 Å². The first kappa shape index (κ1) is 17.1. The minimum absolute atomic E-state index is 0.114. The molecule has 6 nitrogen and oxygen atoms in total. The molecule has 1 amide bonds. The number of hydrogen-bond donors (Lipinski definition) is 1. The first-order chi connectivity index (χ1) is 11.6. The maximum atomic E-state index is 12.2. The van der Waals surface area contributed by atoms with Gasteiger partial charge in [-0.15, -0.1) is 0 Å². The minimum Gasteiger partial charge on any atom is -0.355 e. The average molecular weight is 347 g/mol. The van der Waals surface area contributed by atoms with Gasteiger partial charge < -0.3 is 5.32 Å². The van der Waals surface area contributed by atoms with Crippen LogP contribution in [0.3, 0.4) is 0 Å². The number of thiophene rings is 1. The summed E-state index contributed by atoms with van der Waals surface area (Å²) in [5, 5.41) is 11.7. The van der Waals surface area contributed by atoms with Crippen LogP contribution in [0.1, 0.15) is 30.1 Å². The predicted octanol–water partition coefficient (Wildman–Crippen LogP) is 1.78. The zero-order valence-corrected chi connectivity index (χ0v) is 15.2. The van der Waals surface area contributed by atoms with Crippen molar-refractivity contribution in [1.82, 2.24) is 25.0 Å². The van der Waals surface area contributed by atoms with Crippen LogP contribution in [-0.4, -0.2) is 51.2 Å². The molecule has 3 rings (SSSR count). The first-order valence-electron chi connectivity index (χ1n) is 8.51. The third-order valence-electron chi connectivity index (χ3n) is 4.51. The van der Waals surface area contributed by atoms with Gasteiger partial charge in [-0.05, 0) is 62.0 Å². The topological polar surface area (TPSA) is 63.1 Å². The number of aryl methyl sites for hydroxylation is 2. The second-order valence-corrected chi connectivity index (χ2v) is 7.17. The van der Waals surface area contributed by atoms with Crippen LogP contribution in [0.4, 0.5) is 0 Å². The zero-order chi connectivity index (χ0) is 16.9. The Kier molecular flexibility index (Phi) is 5.63. The maximum absolute atomic E-state index is 12.2. The molecular weight excluding hydrogens is 322 g/mol. The van der Waals surface area contributed by atoms with Crippen LogP contribution < -0.4 is 5.32 Å². The van der Waals surface area contributed by atoms with E-state index in [0.29, 0.717) is 19.1 Å². The minimum atomic E-state index is 0.114. The summed E-state index contributed by atoms with van der Waals surface area (Å²) in [6.45, 7) is 6.87. The van der Waals surface area contributed by atoms with E-state index in [1.54, 1.807) is 11.3 Å². The van der Waals surface area contributed by atoms with Crippen LogP contribution in [0.5, 0.6) is 0 Å². The monoisotopic (exact) mass is 347 g/mol. The summed E-state index contributed by atoms with van der Waals surface area (Å²) in [6.07, 6.45) is 3.15. The normalized spacial score (nSPS) is 18.2. The molecule has 1 aliphatic heterocycles. The van der Waals surface area contributed by atoms with Crippen molar-refractivity contribution in [2.24, 2.45) is 0 Å². The molecule has 2 aromatic heterocycles. The van der Waals surface area contributed by atoms with Crippen molar-refractivity contribution in [3.05, 3.63) is 34.0 Å². The number of hydrogen-bond acceptors (Lipinski definition) is 5. The Labute approximate surface area is 146 Å². The second kappa shape index (κ2) is 7.90. The van der Waals surface area contributed by atoms with Gasteiger partial charge in [-0.3, -0.25) is 9.69 Å². The lowest BCUT2D eigenvalue weighted by atomic mass is 10.2. The molecule has 0 unspecified atom stereocenters. The van der Waals surface area contributed by atoms with Crippen molar-refractivity contribution in [3.8, 4) is 0 Å². The summed E-state index contributed by atoms with van der Waals surface area (Å²) >= 11 is 1.69. The van der Waals surface area contributed by atoms with Crippen molar-refractivity contribution in [2.45, 2.75) is 45.7 Å². The Hall–Kier alpha value is -1.73. The van der Waals surface area contributed by atoms with Crippen LogP contribution in [0, 0.1) is 13.8 Å². The molecule has 1 aliphatic rings. The lowest BCUT2D eigenvalue weighted by molar-refractivity contribution is -0.122. The van der Waals surface area contributed by atoms with Gasteiger partial charge in [0.05, 0.1) is 13.1 Å². The highest BCUT2D eigenvalue weighted by Gasteiger charge is 2.27. The van der Waals surface area contributed by atoms with Crippen molar-refractivity contribution >= 4 is 17.2 Å². The Balaban J connectivity index is 1.46. The van der Waals surface area contributed by atoms with Gasteiger partial charge in [-0.1, -0.05) is 0 Å². The van der Waals surface area contributed by atoms with Gasteiger partial charge in [0.1, 0.15) is 11.6 Å². The molecule has 130 valence electrons. The smallest absolute Gasteiger partial charge is 0.234 e. The summed E-state index contributed by atoms with van der Waals surface area (Å²) in [5.41, 5.74) is 1.29. The summed E-state index contributed by atoms with van der Waals surface area (Å²) in [7, 11) is 0. The number of aromatic nitrogens is 3. The van der Waals surface area contributed by atoms with Gasteiger partial charge in [0.2, 0.25) is 5.91 Å². The predicted molar refractivity (Wildman–Crippen MR) is 95.1 cm³/mol. The Morgan fingerprint density at radius 1 is 1.46 bits per heavy atom. The van der Waals surface area contributed by atoms with E-state index in [2.05, 4.69) is 37.1 Å². The highest BCUT2D eigenvalue weighted by Crippen LogP contribution is 2.18. The highest BCUT2D eigenvalue weighted by atomic mass is 32.1. The Bertz CT molecular complexity index is 667. The number of carbonyl (C=O) groups is 1. The zero-order valence-electron chi connectivity index (χ0n) is 14.4. The number of nitrogens with zero attached hydrogens (tertiary/aromatic N) is 4. The highest BCUT2D eigenvalue weighted by molar-refractivity contribution is 7.07.